The minimum atomic E-state index is 0.386. The van der Waals surface area contributed by atoms with Crippen molar-refractivity contribution < 1.29 is 4.74 Å². The summed E-state index contributed by atoms with van der Waals surface area (Å²) in [7, 11) is 0. The molecule has 11 heavy (non-hydrogen) atoms. The SMILES string of the molecule is CC(S)COC1CCCCC1. The summed E-state index contributed by atoms with van der Waals surface area (Å²) in [5.74, 6) is 0. The van der Waals surface area contributed by atoms with Gasteiger partial charge in [-0.15, -0.1) is 0 Å². The Morgan fingerprint density at radius 1 is 1.36 bits per heavy atom. The number of ether oxygens (including phenoxy) is 1. The van der Waals surface area contributed by atoms with Gasteiger partial charge in [-0.1, -0.05) is 26.2 Å². The molecule has 0 aromatic heterocycles. The van der Waals surface area contributed by atoms with Crippen LogP contribution in [-0.4, -0.2) is 18.0 Å². The van der Waals surface area contributed by atoms with Gasteiger partial charge in [-0.25, -0.2) is 0 Å². The second-order valence-electron chi connectivity index (χ2n) is 3.44. The molecule has 1 aliphatic carbocycles. The van der Waals surface area contributed by atoms with Crippen molar-refractivity contribution in [2.75, 3.05) is 6.61 Å². The van der Waals surface area contributed by atoms with Gasteiger partial charge in [-0.05, 0) is 12.8 Å². The van der Waals surface area contributed by atoms with Gasteiger partial charge in [-0.2, -0.15) is 12.6 Å². The zero-order valence-electron chi connectivity index (χ0n) is 7.25. The second kappa shape index (κ2) is 5.04. The molecule has 1 fully saturated rings. The molecule has 0 bridgehead atoms. The lowest BCUT2D eigenvalue weighted by molar-refractivity contribution is 0.0310. The number of hydrogen-bond acceptors (Lipinski definition) is 2. The van der Waals surface area contributed by atoms with E-state index in [1.165, 1.54) is 32.1 Å². The van der Waals surface area contributed by atoms with Crippen molar-refractivity contribution in [2.24, 2.45) is 0 Å². The van der Waals surface area contributed by atoms with Gasteiger partial charge in [0.25, 0.3) is 0 Å². The van der Waals surface area contributed by atoms with Crippen molar-refractivity contribution >= 4 is 12.6 Å². The predicted octanol–water partition coefficient (Wildman–Crippen LogP) is 2.65. The van der Waals surface area contributed by atoms with Crippen molar-refractivity contribution in [3.63, 3.8) is 0 Å². The number of hydrogen-bond donors (Lipinski definition) is 1. The normalized spacial score (nSPS) is 23.5. The highest BCUT2D eigenvalue weighted by molar-refractivity contribution is 7.80. The molecule has 1 saturated carbocycles. The lowest BCUT2D eigenvalue weighted by Crippen LogP contribution is -2.19. The van der Waals surface area contributed by atoms with Crippen LogP contribution in [0.2, 0.25) is 0 Å². The minimum Gasteiger partial charge on any atom is -0.377 e. The Labute approximate surface area is 74.9 Å². The van der Waals surface area contributed by atoms with Crippen LogP contribution in [0.15, 0.2) is 0 Å². The Morgan fingerprint density at radius 2 is 2.00 bits per heavy atom. The maximum atomic E-state index is 5.67. The number of rotatable bonds is 3. The van der Waals surface area contributed by atoms with Gasteiger partial charge in [0.2, 0.25) is 0 Å². The molecule has 0 heterocycles. The lowest BCUT2D eigenvalue weighted by Gasteiger charge is -2.22. The fourth-order valence-electron chi connectivity index (χ4n) is 1.51. The summed E-state index contributed by atoms with van der Waals surface area (Å²) in [6.07, 6.45) is 7.17. The molecule has 1 rings (SSSR count). The Morgan fingerprint density at radius 3 is 2.55 bits per heavy atom. The van der Waals surface area contributed by atoms with E-state index in [9.17, 15) is 0 Å². The Balaban J connectivity index is 2.05. The Hall–Kier alpha value is 0.310. The highest BCUT2D eigenvalue weighted by Crippen LogP contribution is 2.20. The van der Waals surface area contributed by atoms with Crippen molar-refractivity contribution in [3.8, 4) is 0 Å². The number of thiol groups is 1. The lowest BCUT2D eigenvalue weighted by atomic mass is 9.98. The molecule has 0 amide bonds. The van der Waals surface area contributed by atoms with Crippen LogP contribution in [0.3, 0.4) is 0 Å². The van der Waals surface area contributed by atoms with Crippen LogP contribution in [0.25, 0.3) is 0 Å². The topological polar surface area (TPSA) is 9.23 Å². The smallest absolute Gasteiger partial charge is 0.0583 e. The molecule has 1 atom stereocenters. The van der Waals surface area contributed by atoms with E-state index < -0.39 is 0 Å². The largest absolute Gasteiger partial charge is 0.377 e. The van der Waals surface area contributed by atoms with E-state index in [4.69, 9.17) is 4.74 Å². The van der Waals surface area contributed by atoms with Crippen molar-refractivity contribution in [1.29, 1.82) is 0 Å². The maximum absolute atomic E-state index is 5.67. The van der Waals surface area contributed by atoms with Crippen LogP contribution in [0.5, 0.6) is 0 Å². The molecule has 1 nitrogen and oxygen atoms in total. The quantitative estimate of drug-likeness (QED) is 0.647. The standard InChI is InChI=1S/C9H18OS/c1-8(11)7-10-9-5-3-2-4-6-9/h8-9,11H,2-7H2,1H3. The summed E-state index contributed by atoms with van der Waals surface area (Å²) in [4.78, 5) is 0. The summed E-state index contributed by atoms with van der Waals surface area (Å²) in [6.45, 7) is 2.89. The van der Waals surface area contributed by atoms with Gasteiger partial charge in [0.1, 0.15) is 0 Å². The van der Waals surface area contributed by atoms with Crippen LogP contribution in [-0.2, 0) is 4.74 Å². The molecule has 0 N–H and O–H groups in total. The van der Waals surface area contributed by atoms with Gasteiger partial charge >= 0.3 is 0 Å². The first-order valence-electron chi connectivity index (χ1n) is 4.58. The van der Waals surface area contributed by atoms with Gasteiger partial charge in [0, 0.05) is 5.25 Å². The van der Waals surface area contributed by atoms with Crippen molar-refractivity contribution in [2.45, 2.75) is 50.4 Å². The zero-order chi connectivity index (χ0) is 8.10. The summed E-state index contributed by atoms with van der Waals surface area (Å²) >= 11 is 4.27. The summed E-state index contributed by atoms with van der Waals surface area (Å²) in [5.41, 5.74) is 0. The van der Waals surface area contributed by atoms with Gasteiger partial charge in [-0.3, -0.25) is 0 Å². The minimum absolute atomic E-state index is 0.386. The van der Waals surface area contributed by atoms with E-state index in [0.29, 0.717) is 11.4 Å². The average Bonchev–Trinajstić information content (AvgIpc) is 2.03. The molecule has 66 valence electrons. The van der Waals surface area contributed by atoms with Crippen molar-refractivity contribution in [3.05, 3.63) is 0 Å². The first-order valence-corrected chi connectivity index (χ1v) is 5.10. The fourth-order valence-corrected chi connectivity index (χ4v) is 1.59. The third-order valence-electron chi connectivity index (χ3n) is 2.13. The molecule has 0 saturated heterocycles. The van der Waals surface area contributed by atoms with Crippen LogP contribution >= 0.6 is 12.6 Å². The summed E-state index contributed by atoms with van der Waals surface area (Å²) in [5, 5.41) is 0.386. The van der Waals surface area contributed by atoms with E-state index in [1.807, 2.05) is 0 Å². The van der Waals surface area contributed by atoms with E-state index in [-0.39, 0.29) is 0 Å². The van der Waals surface area contributed by atoms with E-state index in [0.717, 1.165) is 6.61 Å². The Kier molecular flexibility index (Phi) is 4.31. The highest BCUT2D eigenvalue weighted by Gasteiger charge is 2.13. The van der Waals surface area contributed by atoms with Crippen LogP contribution in [0, 0.1) is 0 Å². The van der Waals surface area contributed by atoms with Gasteiger partial charge in [0.05, 0.1) is 12.7 Å². The molecular weight excluding hydrogens is 156 g/mol. The summed E-state index contributed by atoms with van der Waals surface area (Å²) < 4.78 is 5.67. The van der Waals surface area contributed by atoms with E-state index in [2.05, 4.69) is 19.6 Å². The molecule has 0 aromatic carbocycles. The van der Waals surface area contributed by atoms with Crippen LogP contribution < -0.4 is 0 Å². The van der Waals surface area contributed by atoms with Crippen molar-refractivity contribution in [1.82, 2.24) is 0 Å². The van der Waals surface area contributed by atoms with Crippen LogP contribution in [0.1, 0.15) is 39.0 Å². The maximum Gasteiger partial charge on any atom is 0.0583 e. The van der Waals surface area contributed by atoms with E-state index in [1.54, 1.807) is 0 Å². The fraction of sp³-hybridized carbons (Fsp3) is 1.00. The van der Waals surface area contributed by atoms with E-state index >= 15 is 0 Å². The average molecular weight is 174 g/mol. The van der Waals surface area contributed by atoms with Gasteiger partial charge < -0.3 is 4.74 Å². The van der Waals surface area contributed by atoms with Gasteiger partial charge in [0.15, 0.2) is 0 Å². The molecular formula is C9H18OS. The highest BCUT2D eigenvalue weighted by atomic mass is 32.1. The third-order valence-corrected chi connectivity index (χ3v) is 2.27. The first kappa shape index (κ1) is 9.40. The predicted molar refractivity (Wildman–Crippen MR) is 51.3 cm³/mol. The third kappa shape index (κ3) is 4.02. The molecule has 1 unspecified atom stereocenters. The zero-order valence-corrected chi connectivity index (χ0v) is 8.15. The Bertz CT molecular complexity index is 97.7. The monoisotopic (exact) mass is 174 g/mol. The second-order valence-corrected chi connectivity index (χ2v) is 4.32. The van der Waals surface area contributed by atoms with Crippen LogP contribution in [0.4, 0.5) is 0 Å². The molecule has 0 radical (unpaired) electrons. The first-order chi connectivity index (χ1) is 5.29. The molecule has 1 aliphatic rings. The molecule has 0 spiro atoms. The molecule has 2 heteroatoms. The summed E-state index contributed by atoms with van der Waals surface area (Å²) in [6, 6.07) is 0. The molecule has 0 aliphatic heterocycles. The molecule has 0 aromatic rings.